The van der Waals surface area contributed by atoms with Crippen molar-refractivity contribution < 1.29 is 0 Å². The third kappa shape index (κ3) is 1.18. The summed E-state index contributed by atoms with van der Waals surface area (Å²) in [6.07, 6.45) is 5.99. The molecule has 0 N–H and O–H groups in total. The molecule has 0 fully saturated rings. The van der Waals surface area contributed by atoms with E-state index in [2.05, 4.69) is 36.2 Å². The fraction of sp³-hybridized carbons (Fsp3) is 0.182. The molecule has 0 radical (unpaired) electrons. The molecular formula is C11H11N. The molecular weight excluding hydrogens is 146 g/mol. The van der Waals surface area contributed by atoms with E-state index in [4.69, 9.17) is 0 Å². The zero-order valence-electron chi connectivity index (χ0n) is 7.12. The molecule has 2 rings (SSSR count). The number of aryl methyl sites for hydroxylation is 1. The Bertz CT molecular complexity index is 348. The minimum atomic E-state index is 0.810. The lowest BCUT2D eigenvalue weighted by Gasteiger charge is -2.04. The van der Waals surface area contributed by atoms with Gasteiger partial charge in [-0.25, -0.2) is 0 Å². The second-order valence-electron chi connectivity index (χ2n) is 3.00. The molecule has 0 atom stereocenters. The van der Waals surface area contributed by atoms with Crippen LogP contribution in [0.3, 0.4) is 0 Å². The van der Waals surface area contributed by atoms with Gasteiger partial charge in [0, 0.05) is 6.21 Å². The normalized spacial score (nSPS) is 14.1. The van der Waals surface area contributed by atoms with Crippen LogP contribution in [0.25, 0.3) is 6.08 Å². The summed E-state index contributed by atoms with van der Waals surface area (Å²) in [6, 6.07) is 6.35. The van der Waals surface area contributed by atoms with Crippen LogP contribution < -0.4 is 0 Å². The number of fused-ring (bicyclic) bond motifs is 1. The first-order valence-corrected chi connectivity index (χ1v) is 4.13. The maximum atomic E-state index is 4.24. The highest BCUT2D eigenvalue weighted by Gasteiger charge is 2.02. The van der Waals surface area contributed by atoms with E-state index in [0.717, 1.165) is 6.54 Å². The molecule has 1 aromatic carbocycles. The van der Waals surface area contributed by atoms with Gasteiger partial charge < -0.3 is 0 Å². The molecule has 0 aromatic heterocycles. The van der Waals surface area contributed by atoms with Gasteiger partial charge in [-0.2, -0.15) is 0 Å². The number of rotatable bonds is 0. The van der Waals surface area contributed by atoms with E-state index >= 15 is 0 Å². The van der Waals surface area contributed by atoms with Crippen LogP contribution in [0.1, 0.15) is 16.7 Å². The number of benzene rings is 1. The number of hydrogen-bond donors (Lipinski definition) is 0. The largest absolute Gasteiger partial charge is 0.288 e. The van der Waals surface area contributed by atoms with Crippen LogP contribution in [0.5, 0.6) is 0 Å². The SMILES string of the molecule is Cc1cccc2c1C=CC=NC2. The molecule has 60 valence electrons. The summed E-state index contributed by atoms with van der Waals surface area (Å²) in [5.74, 6) is 0. The van der Waals surface area contributed by atoms with Gasteiger partial charge in [-0.1, -0.05) is 24.3 Å². The van der Waals surface area contributed by atoms with Crippen LogP contribution in [0.15, 0.2) is 29.3 Å². The van der Waals surface area contributed by atoms with Gasteiger partial charge in [-0.3, -0.25) is 4.99 Å². The highest BCUT2D eigenvalue weighted by molar-refractivity contribution is 5.80. The first kappa shape index (κ1) is 7.29. The van der Waals surface area contributed by atoms with Crippen molar-refractivity contribution in [3.8, 4) is 0 Å². The quantitative estimate of drug-likeness (QED) is 0.549. The molecule has 0 unspecified atom stereocenters. The van der Waals surface area contributed by atoms with Crippen LogP contribution in [0.2, 0.25) is 0 Å². The summed E-state index contributed by atoms with van der Waals surface area (Å²) in [5, 5.41) is 0. The number of nitrogens with zero attached hydrogens (tertiary/aromatic N) is 1. The van der Waals surface area contributed by atoms with E-state index < -0.39 is 0 Å². The topological polar surface area (TPSA) is 12.4 Å². The van der Waals surface area contributed by atoms with Crippen molar-refractivity contribution in [2.24, 2.45) is 4.99 Å². The van der Waals surface area contributed by atoms with Crippen LogP contribution >= 0.6 is 0 Å². The Kier molecular flexibility index (Phi) is 1.78. The second kappa shape index (κ2) is 2.94. The summed E-state index contributed by atoms with van der Waals surface area (Å²) in [7, 11) is 0. The summed E-state index contributed by atoms with van der Waals surface area (Å²) >= 11 is 0. The van der Waals surface area contributed by atoms with Crippen LogP contribution in [-0.4, -0.2) is 6.21 Å². The van der Waals surface area contributed by atoms with Crippen molar-refractivity contribution in [3.63, 3.8) is 0 Å². The summed E-state index contributed by atoms with van der Waals surface area (Å²) in [4.78, 5) is 4.24. The van der Waals surface area contributed by atoms with Gasteiger partial charge in [0.25, 0.3) is 0 Å². The molecule has 1 aliphatic rings. The number of allylic oxidation sites excluding steroid dienone is 1. The van der Waals surface area contributed by atoms with Crippen LogP contribution in [0, 0.1) is 6.92 Å². The molecule has 0 saturated heterocycles. The van der Waals surface area contributed by atoms with Crippen molar-refractivity contribution in [1.82, 2.24) is 0 Å². The minimum Gasteiger partial charge on any atom is -0.288 e. The molecule has 0 amide bonds. The lowest BCUT2D eigenvalue weighted by molar-refractivity contribution is 1.07. The molecule has 0 bridgehead atoms. The van der Waals surface area contributed by atoms with E-state index in [9.17, 15) is 0 Å². The Labute approximate surface area is 72.5 Å². The molecule has 0 aliphatic carbocycles. The molecule has 1 heteroatoms. The molecule has 0 spiro atoms. The molecule has 12 heavy (non-hydrogen) atoms. The summed E-state index contributed by atoms with van der Waals surface area (Å²) in [6.45, 7) is 2.94. The molecule has 1 aliphatic heterocycles. The number of aliphatic imine (C=N–C) groups is 1. The third-order valence-electron chi connectivity index (χ3n) is 2.13. The average Bonchev–Trinajstić information content (AvgIpc) is 2.30. The van der Waals surface area contributed by atoms with Crippen molar-refractivity contribution >= 4 is 12.3 Å². The monoisotopic (exact) mass is 157 g/mol. The van der Waals surface area contributed by atoms with E-state index in [1.54, 1.807) is 0 Å². The molecule has 1 heterocycles. The Morgan fingerprint density at radius 1 is 1.33 bits per heavy atom. The van der Waals surface area contributed by atoms with Gasteiger partial charge in [0.05, 0.1) is 6.54 Å². The first-order chi connectivity index (χ1) is 5.88. The average molecular weight is 157 g/mol. The molecule has 1 aromatic rings. The van der Waals surface area contributed by atoms with E-state index in [1.165, 1.54) is 16.7 Å². The highest BCUT2D eigenvalue weighted by atomic mass is 14.7. The van der Waals surface area contributed by atoms with Crippen LogP contribution in [0.4, 0.5) is 0 Å². The van der Waals surface area contributed by atoms with Crippen molar-refractivity contribution in [2.75, 3.05) is 0 Å². The van der Waals surface area contributed by atoms with Gasteiger partial charge in [0.2, 0.25) is 0 Å². The molecule has 1 nitrogen and oxygen atoms in total. The van der Waals surface area contributed by atoms with Gasteiger partial charge in [0.1, 0.15) is 0 Å². The minimum absolute atomic E-state index is 0.810. The third-order valence-corrected chi connectivity index (χ3v) is 2.13. The maximum Gasteiger partial charge on any atom is 0.0645 e. The predicted octanol–water partition coefficient (Wildman–Crippen LogP) is 2.59. The summed E-state index contributed by atoms with van der Waals surface area (Å²) in [5.41, 5.74) is 3.98. The van der Waals surface area contributed by atoms with Gasteiger partial charge in [0.15, 0.2) is 0 Å². The van der Waals surface area contributed by atoms with E-state index in [0.29, 0.717) is 0 Å². The van der Waals surface area contributed by atoms with Gasteiger partial charge >= 0.3 is 0 Å². The van der Waals surface area contributed by atoms with Crippen molar-refractivity contribution in [1.29, 1.82) is 0 Å². The van der Waals surface area contributed by atoms with Crippen molar-refractivity contribution in [2.45, 2.75) is 13.5 Å². The second-order valence-corrected chi connectivity index (χ2v) is 3.00. The Morgan fingerprint density at radius 2 is 2.25 bits per heavy atom. The van der Waals surface area contributed by atoms with E-state index in [-0.39, 0.29) is 0 Å². The van der Waals surface area contributed by atoms with Crippen LogP contribution in [-0.2, 0) is 6.54 Å². The fourth-order valence-corrected chi connectivity index (χ4v) is 1.47. The fourth-order valence-electron chi connectivity index (χ4n) is 1.47. The zero-order valence-corrected chi connectivity index (χ0v) is 7.12. The smallest absolute Gasteiger partial charge is 0.0645 e. The maximum absolute atomic E-state index is 4.24. The van der Waals surface area contributed by atoms with Crippen molar-refractivity contribution in [3.05, 3.63) is 41.0 Å². The Balaban J connectivity index is 2.59. The summed E-state index contributed by atoms with van der Waals surface area (Å²) < 4.78 is 0. The lowest BCUT2D eigenvalue weighted by Crippen LogP contribution is -1.88. The number of hydrogen-bond acceptors (Lipinski definition) is 1. The van der Waals surface area contributed by atoms with E-state index in [1.807, 2.05) is 12.3 Å². The zero-order chi connectivity index (χ0) is 8.39. The Hall–Kier alpha value is -1.37. The standard InChI is InChI=1S/C11H11N/c1-9-4-2-5-10-8-12-7-3-6-11(9)10/h2-7H,8H2,1H3. The Morgan fingerprint density at radius 3 is 3.17 bits per heavy atom. The lowest BCUT2D eigenvalue weighted by atomic mass is 10.0. The van der Waals surface area contributed by atoms with Gasteiger partial charge in [-0.05, 0) is 29.7 Å². The van der Waals surface area contributed by atoms with Gasteiger partial charge in [-0.15, -0.1) is 0 Å². The first-order valence-electron chi connectivity index (χ1n) is 4.13. The highest BCUT2D eigenvalue weighted by Crippen LogP contribution is 2.18. The predicted molar refractivity (Wildman–Crippen MR) is 52.4 cm³/mol. The molecule has 0 saturated carbocycles.